The zero-order chi connectivity index (χ0) is 13.1. The van der Waals surface area contributed by atoms with Gasteiger partial charge in [-0.3, -0.25) is 0 Å². The van der Waals surface area contributed by atoms with Crippen molar-refractivity contribution in [3.05, 3.63) is 40.7 Å². The molecule has 2 aromatic rings. The summed E-state index contributed by atoms with van der Waals surface area (Å²) in [5, 5.41) is 4.07. The Balaban J connectivity index is 2.18. The number of hydrogen-bond acceptors (Lipinski definition) is 3. The summed E-state index contributed by atoms with van der Waals surface area (Å²) < 4.78 is 13.8. The van der Waals surface area contributed by atoms with E-state index in [1.54, 1.807) is 12.1 Å². The molecule has 2 rings (SSSR count). The molecule has 1 N–H and O–H groups in total. The van der Waals surface area contributed by atoms with Gasteiger partial charge in [0.2, 0.25) is 0 Å². The van der Waals surface area contributed by atoms with Gasteiger partial charge >= 0.3 is 0 Å². The standard InChI is InChI=1S/C14H17FN2S/c1-9(2)16-7-11-8-17-14(18-11)12-5-4-10(3)6-13(12)15/h4-6,8-9,16H,7H2,1-3H3. The zero-order valence-corrected chi connectivity index (χ0v) is 11.6. The van der Waals surface area contributed by atoms with Gasteiger partial charge in [0.15, 0.2) is 0 Å². The number of aromatic nitrogens is 1. The van der Waals surface area contributed by atoms with Crippen molar-refractivity contribution in [3.8, 4) is 10.6 Å². The van der Waals surface area contributed by atoms with Crippen molar-refractivity contribution < 1.29 is 4.39 Å². The van der Waals surface area contributed by atoms with E-state index in [0.29, 0.717) is 11.6 Å². The van der Waals surface area contributed by atoms with Crippen LogP contribution in [0, 0.1) is 12.7 Å². The number of halogens is 1. The van der Waals surface area contributed by atoms with Gasteiger partial charge in [-0.1, -0.05) is 19.9 Å². The van der Waals surface area contributed by atoms with E-state index >= 15 is 0 Å². The molecule has 0 atom stereocenters. The summed E-state index contributed by atoms with van der Waals surface area (Å²) in [6.07, 6.45) is 1.81. The van der Waals surface area contributed by atoms with Crippen LogP contribution in [0.2, 0.25) is 0 Å². The molecule has 1 aromatic carbocycles. The van der Waals surface area contributed by atoms with Gasteiger partial charge in [0.25, 0.3) is 0 Å². The van der Waals surface area contributed by atoms with Crippen LogP contribution in [0.15, 0.2) is 24.4 Å². The molecule has 0 amide bonds. The molecule has 0 saturated carbocycles. The Morgan fingerprint density at radius 1 is 1.39 bits per heavy atom. The zero-order valence-electron chi connectivity index (χ0n) is 10.8. The van der Waals surface area contributed by atoms with Gasteiger partial charge in [-0.15, -0.1) is 11.3 Å². The van der Waals surface area contributed by atoms with Gasteiger partial charge in [0.1, 0.15) is 10.8 Å². The molecule has 96 valence electrons. The van der Waals surface area contributed by atoms with Crippen LogP contribution in [0.4, 0.5) is 4.39 Å². The Labute approximate surface area is 111 Å². The summed E-state index contributed by atoms with van der Waals surface area (Å²) in [6.45, 7) is 6.86. The van der Waals surface area contributed by atoms with Crippen molar-refractivity contribution in [2.75, 3.05) is 0 Å². The molecule has 0 aliphatic rings. The molecule has 0 radical (unpaired) electrons. The molecule has 4 heteroatoms. The fourth-order valence-corrected chi connectivity index (χ4v) is 2.50. The summed E-state index contributed by atoms with van der Waals surface area (Å²) in [7, 11) is 0. The monoisotopic (exact) mass is 264 g/mol. The van der Waals surface area contributed by atoms with Gasteiger partial charge in [0.05, 0.1) is 0 Å². The van der Waals surface area contributed by atoms with E-state index < -0.39 is 0 Å². The van der Waals surface area contributed by atoms with E-state index in [9.17, 15) is 4.39 Å². The average molecular weight is 264 g/mol. The maximum atomic E-state index is 13.8. The van der Waals surface area contributed by atoms with Gasteiger partial charge in [-0.25, -0.2) is 9.37 Å². The van der Waals surface area contributed by atoms with Crippen LogP contribution < -0.4 is 5.32 Å². The van der Waals surface area contributed by atoms with Gasteiger partial charge in [-0.05, 0) is 24.6 Å². The lowest BCUT2D eigenvalue weighted by Crippen LogP contribution is -2.21. The summed E-state index contributed by atoms with van der Waals surface area (Å²) in [5.74, 6) is -0.201. The van der Waals surface area contributed by atoms with Crippen molar-refractivity contribution in [2.24, 2.45) is 0 Å². The van der Waals surface area contributed by atoms with Crippen LogP contribution in [0.5, 0.6) is 0 Å². The molecule has 1 aromatic heterocycles. The normalized spacial score (nSPS) is 11.2. The Hall–Kier alpha value is -1.26. The van der Waals surface area contributed by atoms with E-state index in [0.717, 1.165) is 22.0 Å². The third-order valence-electron chi connectivity index (χ3n) is 2.59. The van der Waals surface area contributed by atoms with Crippen LogP contribution in [-0.2, 0) is 6.54 Å². The topological polar surface area (TPSA) is 24.9 Å². The van der Waals surface area contributed by atoms with Crippen LogP contribution in [0.25, 0.3) is 10.6 Å². The van der Waals surface area contributed by atoms with Crippen LogP contribution in [-0.4, -0.2) is 11.0 Å². The lowest BCUT2D eigenvalue weighted by molar-refractivity contribution is 0.593. The molecular formula is C14H17FN2S. The number of hydrogen-bond donors (Lipinski definition) is 1. The van der Waals surface area contributed by atoms with Gasteiger partial charge in [0, 0.05) is 29.2 Å². The minimum absolute atomic E-state index is 0.201. The van der Waals surface area contributed by atoms with Crippen molar-refractivity contribution >= 4 is 11.3 Å². The summed E-state index contributed by atoms with van der Waals surface area (Å²) in [5.41, 5.74) is 1.51. The molecule has 1 heterocycles. The van der Waals surface area contributed by atoms with E-state index in [1.165, 1.54) is 11.3 Å². The third kappa shape index (κ3) is 3.15. The first-order valence-corrected chi connectivity index (χ1v) is 6.82. The Morgan fingerprint density at radius 2 is 2.17 bits per heavy atom. The van der Waals surface area contributed by atoms with Crippen molar-refractivity contribution in [2.45, 2.75) is 33.4 Å². The molecule has 0 unspecified atom stereocenters. The molecule has 0 fully saturated rings. The highest BCUT2D eigenvalue weighted by molar-refractivity contribution is 7.15. The summed E-state index contributed by atoms with van der Waals surface area (Å²) in [6, 6.07) is 5.68. The van der Waals surface area contributed by atoms with E-state index in [2.05, 4.69) is 24.1 Å². The fraction of sp³-hybridized carbons (Fsp3) is 0.357. The number of nitrogens with zero attached hydrogens (tertiary/aromatic N) is 1. The van der Waals surface area contributed by atoms with E-state index in [4.69, 9.17) is 0 Å². The third-order valence-corrected chi connectivity index (χ3v) is 3.62. The van der Waals surface area contributed by atoms with E-state index in [1.807, 2.05) is 19.2 Å². The highest BCUT2D eigenvalue weighted by atomic mass is 32.1. The Bertz CT molecular complexity index is 534. The second kappa shape index (κ2) is 5.59. The minimum atomic E-state index is -0.201. The molecule has 0 spiro atoms. The lowest BCUT2D eigenvalue weighted by Gasteiger charge is -2.04. The number of benzene rings is 1. The maximum absolute atomic E-state index is 13.8. The molecule has 2 nitrogen and oxygen atoms in total. The van der Waals surface area contributed by atoms with Crippen LogP contribution in [0.1, 0.15) is 24.3 Å². The largest absolute Gasteiger partial charge is 0.310 e. The highest BCUT2D eigenvalue weighted by Gasteiger charge is 2.09. The molecule has 0 aliphatic carbocycles. The maximum Gasteiger partial charge on any atom is 0.133 e. The smallest absolute Gasteiger partial charge is 0.133 e. The summed E-state index contributed by atoms with van der Waals surface area (Å²) >= 11 is 1.53. The lowest BCUT2D eigenvalue weighted by atomic mass is 10.1. The molecule has 0 saturated heterocycles. The Morgan fingerprint density at radius 3 is 2.83 bits per heavy atom. The Kier molecular flexibility index (Phi) is 4.09. The first-order chi connectivity index (χ1) is 8.56. The van der Waals surface area contributed by atoms with Crippen LogP contribution in [0.3, 0.4) is 0 Å². The number of nitrogens with one attached hydrogen (secondary N) is 1. The van der Waals surface area contributed by atoms with Crippen molar-refractivity contribution in [1.82, 2.24) is 10.3 Å². The average Bonchev–Trinajstić information content (AvgIpc) is 2.75. The fourth-order valence-electron chi connectivity index (χ4n) is 1.61. The number of thiazole rings is 1. The molecule has 18 heavy (non-hydrogen) atoms. The van der Waals surface area contributed by atoms with E-state index in [-0.39, 0.29) is 5.82 Å². The number of aryl methyl sites for hydroxylation is 1. The molecule has 0 bridgehead atoms. The molecular weight excluding hydrogens is 247 g/mol. The second-order valence-electron chi connectivity index (χ2n) is 4.65. The predicted octanol–water partition coefficient (Wildman–Crippen LogP) is 3.76. The van der Waals surface area contributed by atoms with Gasteiger partial charge in [-0.2, -0.15) is 0 Å². The molecule has 0 aliphatic heterocycles. The van der Waals surface area contributed by atoms with Crippen molar-refractivity contribution in [3.63, 3.8) is 0 Å². The van der Waals surface area contributed by atoms with Crippen LogP contribution >= 0.6 is 11.3 Å². The number of rotatable bonds is 4. The minimum Gasteiger partial charge on any atom is -0.310 e. The second-order valence-corrected chi connectivity index (χ2v) is 5.77. The van der Waals surface area contributed by atoms with Crippen molar-refractivity contribution in [1.29, 1.82) is 0 Å². The summed E-state index contributed by atoms with van der Waals surface area (Å²) in [4.78, 5) is 5.42. The first kappa shape index (κ1) is 13.2. The SMILES string of the molecule is Cc1ccc(-c2ncc(CNC(C)C)s2)c(F)c1. The first-order valence-electron chi connectivity index (χ1n) is 6.01. The predicted molar refractivity (Wildman–Crippen MR) is 74.2 cm³/mol. The highest BCUT2D eigenvalue weighted by Crippen LogP contribution is 2.27. The van der Waals surface area contributed by atoms with Gasteiger partial charge < -0.3 is 5.32 Å². The quantitative estimate of drug-likeness (QED) is 0.909.